The van der Waals surface area contributed by atoms with Crippen molar-refractivity contribution in [2.75, 3.05) is 30.8 Å². The van der Waals surface area contributed by atoms with Crippen molar-refractivity contribution < 1.29 is 4.79 Å². The van der Waals surface area contributed by atoms with E-state index in [9.17, 15) is 4.79 Å². The number of hydrogen-bond acceptors (Lipinski definition) is 3. The normalized spacial score (nSPS) is 13.4. The fraction of sp³-hybridized carbons (Fsp3) is 0.417. The molecule has 0 atom stereocenters. The van der Waals surface area contributed by atoms with Gasteiger partial charge in [-0.2, -0.15) is 0 Å². The second-order valence-electron chi connectivity index (χ2n) is 3.98. The van der Waals surface area contributed by atoms with Crippen LogP contribution in [-0.4, -0.2) is 26.0 Å². The molecule has 1 aliphatic heterocycles. The van der Waals surface area contributed by atoms with Crippen molar-refractivity contribution in [3.8, 4) is 0 Å². The Labute approximate surface area is 95.4 Å². The Morgan fingerprint density at radius 1 is 1.38 bits per heavy atom. The molecule has 1 aromatic rings. The summed E-state index contributed by atoms with van der Waals surface area (Å²) >= 11 is 0. The molecule has 86 valence electrons. The van der Waals surface area contributed by atoms with Gasteiger partial charge in [0.2, 0.25) is 5.91 Å². The predicted octanol–water partition coefficient (Wildman–Crippen LogP) is 1.20. The summed E-state index contributed by atoms with van der Waals surface area (Å²) in [5.41, 5.74) is 3.13. The van der Waals surface area contributed by atoms with Gasteiger partial charge in [0.05, 0.1) is 6.42 Å². The summed E-state index contributed by atoms with van der Waals surface area (Å²) in [5, 5.41) is 9.28. The van der Waals surface area contributed by atoms with Crippen molar-refractivity contribution in [3.05, 3.63) is 23.8 Å². The Hall–Kier alpha value is -1.55. The number of fused-ring (bicyclic) bond motifs is 1. The number of amides is 1. The van der Waals surface area contributed by atoms with E-state index in [4.69, 9.17) is 0 Å². The molecule has 0 aliphatic carbocycles. The second kappa shape index (κ2) is 4.99. The van der Waals surface area contributed by atoms with Gasteiger partial charge >= 0.3 is 0 Å². The largest absolute Gasteiger partial charge is 0.385 e. The Balaban J connectivity index is 1.92. The molecule has 1 amide bonds. The second-order valence-corrected chi connectivity index (χ2v) is 3.98. The monoisotopic (exact) mass is 219 g/mol. The van der Waals surface area contributed by atoms with E-state index in [-0.39, 0.29) is 5.91 Å². The third-order valence-corrected chi connectivity index (χ3v) is 2.66. The van der Waals surface area contributed by atoms with Crippen LogP contribution in [0, 0.1) is 0 Å². The fourth-order valence-corrected chi connectivity index (χ4v) is 1.84. The molecule has 4 nitrogen and oxygen atoms in total. The molecular weight excluding hydrogens is 202 g/mol. The van der Waals surface area contributed by atoms with Gasteiger partial charge in [-0.15, -0.1) is 0 Å². The highest BCUT2D eigenvalue weighted by Gasteiger charge is 2.16. The standard InChI is InChI=1S/C12H17N3O/c1-13-5-2-6-14-10-3-4-11-9(7-10)8-12(16)15-11/h3-4,7,13-14H,2,5-6,8H2,1H3,(H,15,16). The minimum absolute atomic E-state index is 0.0855. The number of carbonyl (C=O) groups excluding carboxylic acids is 1. The molecule has 0 fully saturated rings. The molecule has 4 heteroatoms. The Kier molecular flexibility index (Phi) is 3.41. The minimum atomic E-state index is 0.0855. The number of benzene rings is 1. The van der Waals surface area contributed by atoms with Crippen LogP contribution in [0.25, 0.3) is 0 Å². The Morgan fingerprint density at radius 2 is 2.25 bits per heavy atom. The first-order valence-corrected chi connectivity index (χ1v) is 5.61. The highest BCUT2D eigenvalue weighted by Crippen LogP contribution is 2.25. The van der Waals surface area contributed by atoms with Crippen LogP contribution in [0.2, 0.25) is 0 Å². The average Bonchev–Trinajstić information content (AvgIpc) is 2.64. The third kappa shape index (κ3) is 2.52. The number of carbonyl (C=O) groups is 1. The fourth-order valence-electron chi connectivity index (χ4n) is 1.84. The molecule has 1 aliphatic rings. The van der Waals surface area contributed by atoms with Crippen LogP contribution in [0.5, 0.6) is 0 Å². The van der Waals surface area contributed by atoms with E-state index < -0.39 is 0 Å². The minimum Gasteiger partial charge on any atom is -0.385 e. The van der Waals surface area contributed by atoms with E-state index >= 15 is 0 Å². The van der Waals surface area contributed by atoms with E-state index in [0.717, 1.165) is 36.4 Å². The van der Waals surface area contributed by atoms with Gasteiger partial charge in [-0.1, -0.05) is 0 Å². The lowest BCUT2D eigenvalue weighted by atomic mass is 10.1. The predicted molar refractivity (Wildman–Crippen MR) is 65.8 cm³/mol. The molecule has 2 rings (SSSR count). The summed E-state index contributed by atoms with van der Waals surface area (Å²) in [6, 6.07) is 6.01. The zero-order valence-electron chi connectivity index (χ0n) is 9.47. The van der Waals surface area contributed by atoms with Gasteiger partial charge in [0.25, 0.3) is 0 Å². The molecule has 1 heterocycles. The molecule has 0 spiro atoms. The van der Waals surface area contributed by atoms with Crippen molar-refractivity contribution in [1.29, 1.82) is 0 Å². The van der Waals surface area contributed by atoms with E-state index in [1.165, 1.54) is 0 Å². The summed E-state index contributed by atoms with van der Waals surface area (Å²) in [6.07, 6.45) is 1.59. The third-order valence-electron chi connectivity index (χ3n) is 2.66. The molecule has 0 bridgehead atoms. The Morgan fingerprint density at radius 3 is 3.06 bits per heavy atom. The van der Waals surface area contributed by atoms with Crippen molar-refractivity contribution in [2.24, 2.45) is 0 Å². The number of nitrogens with one attached hydrogen (secondary N) is 3. The van der Waals surface area contributed by atoms with E-state index in [1.54, 1.807) is 0 Å². The van der Waals surface area contributed by atoms with Crippen LogP contribution >= 0.6 is 0 Å². The molecule has 0 saturated heterocycles. The van der Waals surface area contributed by atoms with Crippen LogP contribution in [0.3, 0.4) is 0 Å². The number of hydrogen-bond donors (Lipinski definition) is 3. The summed E-state index contributed by atoms with van der Waals surface area (Å²) in [7, 11) is 1.95. The Bertz CT molecular complexity index is 390. The van der Waals surface area contributed by atoms with Crippen LogP contribution in [-0.2, 0) is 11.2 Å². The molecular formula is C12H17N3O. The molecule has 0 radical (unpaired) electrons. The summed E-state index contributed by atoms with van der Waals surface area (Å²) in [4.78, 5) is 11.2. The smallest absolute Gasteiger partial charge is 0.228 e. The van der Waals surface area contributed by atoms with Crippen molar-refractivity contribution >= 4 is 17.3 Å². The molecule has 3 N–H and O–H groups in total. The molecule has 16 heavy (non-hydrogen) atoms. The SMILES string of the molecule is CNCCCNc1ccc2c(c1)CC(=O)N2. The van der Waals surface area contributed by atoms with Crippen LogP contribution in [0.1, 0.15) is 12.0 Å². The summed E-state index contributed by atoms with van der Waals surface area (Å²) in [6.45, 7) is 1.96. The van der Waals surface area contributed by atoms with Crippen molar-refractivity contribution in [2.45, 2.75) is 12.8 Å². The highest BCUT2D eigenvalue weighted by molar-refractivity contribution is 5.99. The molecule has 0 unspecified atom stereocenters. The van der Waals surface area contributed by atoms with Gasteiger partial charge < -0.3 is 16.0 Å². The molecule has 0 aromatic heterocycles. The molecule has 1 aromatic carbocycles. The lowest BCUT2D eigenvalue weighted by Crippen LogP contribution is -2.12. The topological polar surface area (TPSA) is 53.2 Å². The van der Waals surface area contributed by atoms with E-state index in [2.05, 4.69) is 16.0 Å². The van der Waals surface area contributed by atoms with Crippen LogP contribution in [0.4, 0.5) is 11.4 Å². The maximum atomic E-state index is 11.2. The number of anilines is 2. The van der Waals surface area contributed by atoms with Gasteiger partial charge in [0.1, 0.15) is 0 Å². The first kappa shape index (κ1) is 11.0. The van der Waals surface area contributed by atoms with Gasteiger partial charge in [-0.3, -0.25) is 4.79 Å². The zero-order chi connectivity index (χ0) is 11.4. The van der Waals surface area contributed by atoms with Gasteiger partial charge in [0, 0.05) is 17.9 Å². The van der Waals surface area contributed by atoms with Gasteiger partial charge in [0.15, 0.2) is 0 Å². The van der Waals surface area contributed by atoms with Gasteiger partial charge in [-0.05, 0) is 43.8 Å². The maximum absolute atomic E-state index is 11.2. The van der Waals surface area contributed by atoms with E-state index in [1.807, 2.05) is 25.2 Å². The van der Waals surface area contributed by atoms with E-state index in [0.29, 0.717) is 6.42 Å². The lowest BCUT2D eigenvalue weighted by molar-refractivity contribution is -0.115. The van der Waals surface area contributed by atoms with Gasteiger partial charge in [-0.25, -0.2) is 0 Å². The summed E-state index contributed by atoms with van der Waals surface area (Å²) in [5.74, 6) is 0.0855. The molecule has 0 saturated carbocycles. The first-order chi connectivity index (χ1) is 7.79. The quantitative estimate of drug-likeness (QED) is 0.652. The maximum Gasteiger partial charge on any atom is 0.228 e. The highest BCUT2D eigenvalue weighted by atomic mass is 16.1. The summed E-state index contributed by atoms with van der Waals surface area (Å²) < 4.78 is 0. The van der Waals surface area contributed by atoms with Crippen molar-refractivity contribution in [3.63, 3.8) is 0 Å². The number of rotatable bonds is 5. The first-order valence-electron chi connectivity index (χ1n) is 5.61. The van der Waals surface area contributed by atoms with Crippen LogP contribution in [0.15, 0.2) is 18.2 Å². The zero-order valence-corrected chi connectivity index (χ0v) is 9.47. The van der Waals surface area contributed by atoms with Crippen LogP contribution < -0.4 is 16.0 Å². The lowest BCUT2D eigenvalue weighted by Gasteiger charge is -2.07. The average molecular weight is 219 g/mol. The van der Waals surface area contributed by atoms with Crippen molar-refractivity contribution in [1.82, 2.24) is 5.32 Å².